The summed E-state index contributed by atoms with van der Waals surface area (Å²) >= 11 is 0. The Bertz CT molecular complexity index is 526. The number of hydrogen-bond acceptors (Lipinski definition) is 2. The van der Waals surface area contributed by atoms with Gasteiger partial charge in [0.15, 0.2) is 0 Å². The third-order valence-corrected chi connectivity index (χ3v) is 3.61. The van der Waals surface area contributed by atoms with Crippen molar-refractivity contribution in [1.82, 2.24) is 4.90 Å². The summed E-state index contributed by atoms with van der Waals surface area (Å²) in [6.45, 7) is 3.67. The van der Waals surface area contributed by atoms with Crippen LogP contribution in [0.4, 0.5) is 4.39 Å². The van der Waals surface area contributed by atoms with Crippen molar-refractivity contribution >= 4 is 11.9 Å². The third-order valence-electron chi connectivity index (χ3n) is 3.61. The first-order valence-electron chi connectivity index (χ1n) is 6.48. The molecule has 0 spiro atoms. The molecule has 1 aliphatic heterocycles. The number of rotatable bonds is 2. The molecule has 106 valence electrons. The Labute approximate surface area is 116 Å². The number of carboxylic acids is 1. The molecule has 1 aromatic rings. The lowest BCUT2D eigenvalue weighted by Crippen LogP contribution is -2.47. The zero-order chi connectivity index (χ0) is 14.7. The van der Waals surface area contributed by atoms with Crippen molar-refractivity contribution in [3.05, 3.63) is 48.3 Å². The van der Waals surface area contributed by atoms with E-state index in [9.17, 15) is 14.0 Å². The fourth-order valence-electron chi connectivity index (χ4n) is 2.68. The molecule has 0 radical (unpaired) electrons. The fourth-order valence-corrected chi connectivity index (χ4v) is 2.68. The monoisotopic (exact) mass is 277 g/mol. The maximum absolute atomic E-state index is 13.0. The van der Waals surface area contributed by atoms with E-state index in [1.807, 2.05) is 0 Å². The summed E-state index contributed by atoms with van der Waals surface area (Å²) < 4.78 is 13.0. The van der Waals surface area contributed by atoms with Gasteiger partial charge in [-0.1, -0.05) is 18.2 Å². The van der Waals surface area contributed by atoms with Gasteiger partial charge in [-0.3, -0.25) is 4.79 Å². The van der Waals surface area contributed by atoms with Crippen LogP contribution in [0.3, 0.4) is 0 Å². The van der Waals surface area contributed by atoms with Gasteiger partial charge in [0.2, 0.25) is 0 Å². The molecule has 0 bridgehead atoms. The van der Waals surface area contributed by atoms with E-state index in [1.165, 1.54) is 17.0 Å². The Kier molecular flexibility index (Phi) is 4.17. The van der Waals surface area contributed by atoms with E-state index in [-0.39, 0.29) is 17.9 Å². The SMILES string of the molecule is C=CC1CCCC(c2ccc(F)cc2)N1C(=O)C(=O)O. The highest BCUT2D eigenvalue weighted by Gasteiger charge is 2.36. The predicted molar refractivity (Wildman–Crippen MR) is 71.5 cm³/mol. The molecule has 1 fully saturated rings. The average molecular weight is 277 g/mol. The van der Waals surface area contributed by atoms with Gasteiger partial charge in [0.1, 0.15) is 5.82 Å². The van der Waals surface area contributed by atoms with Crippen LogP contribution in [-0.2, 0) is 9.59 Å². The van der Waals surface area contributed by atoms with Crippen LogP contribution in [0.5, 0.6) is 0 Å². The Balaban J connectivity index is 2.36. The second-order valence-electron chi connectivity index (χ2n) is 4.82. The Morgan fingerprint density at radius 2 is 1.95 bits per heavy atom. The van der Waals surface area contributed by atoms with Crippen molar-refractivity contribution in [3.63, 3.8) is 0 Å². The van der Waals surface area contributed by atoms with Crippen molar-refractivity contribution in [3.8, 4) is 0 Å². The number of benzene rings is 1. The Morgan fingerprint density at radius 3 is 2.50 bits per heavy atom. The molecule has 4 nitrogen and oxygen atoms in total. The minimum Gasteiger partial charge on any atom is -0.474 e. The van der Waals surface area contributed by atoms with Crippen LogP contribution in [0.15, 0.2) is 36.9 Å². The predicted octanol–water partition coefficient (Wildman–Crippen LogP) is 2.52. The number of hydrogen-bond donors (Lipinski definition) is 1. The molecule has 20 heavy (non-hydrogen) atoms. The molecular formula is C15H16FNO3. The molecule has 1 saturated heterocycles. The minimum absolute atomic E-state index is 0.303. The Morgan fingerprint density at radius 1 is 1.30 bits per heavy atom. The highest BCUT2D eigenvalue weighted by Crippen LogP contribution is 2.35. The number of piperidine rings is 1. The second-order valence-corrected chi connectivity index (χ2v) is 4.82. The topological polar surface area (TPSA) is 57.6 Å². The minimum atomic E-state index is -1.48. The van der Waals surface area contributed by atoms with E-state index >= 15 is 0 Å². The van der Waals surface area contributed by atoms with E-state index in [1.54, 1.807) is 18.2 Å². The van der Waals surface area contributed by atoms with Crippen LogP contribution >= 0.6 is 0 Å². The van der Waals surface area contributed by atoms with E-state index in [4.69, 9.17) is 5.11 Å². The molecule has 1 heterocycles. The van der Waals surface area contributed by atoms with E-state index in [0.29, 0.717) is 12.8 Å². The summed E-state index contributed by atoms with van der Waals surface area (Å²) in [5.74, 6) is -2.78. The normalized spacial score (nSPS) is 22.4. The van der Waals surface area contributed by atoms with Gasteiger partial charge >= 0.3 is 11.9 Å². The van der Waals surface area contributed by atoms with Crippen molar-refractivity contribution in [2.45, 2.75) is 31.3 Å². The zero-order valence-electron chi connectivity index (χ0n) is 11.0. The highest BCUT2D eigenvalue weighted by molar-refractivity contribution is 6.31. The van der Waals surface area contributed by atoms with E-state index in [2.05, 4.69) is 6.58 Å². The maximum atomic E-state index is 13.0. The lowest BCUT2D eigenvalue weighted by atomic mass is 9.90. The van der Waals surface area contributed by atoms with Crippen LogP contribution in [0.25, 0.3) is 0 Å². The summed E-state index contributed by atoms with van der Waals surface area (Å²) in [6, 6.07) is 5.16. The van der Waals surface area contributed by atoms with Crippen molar-refractivity contribution in [2.24, 2.45) is 0 Å². The number of likely N-dealkylation sites (tertiary alicyclic amines) is 1. The average Bonchev–Trinajstić information content (AvgIpc) is 2.46. The van der Waals surface area contributed by atoms with Gasteiger partial charge in [-0.15, -0.1) is 6.58 Å². The Hall–Kier alpha value is -2.17. The van der Waals surface area contributed by atoms with Gasteiger partial charge in [0, 0.05) is 0 Å². The summed E-state index contributed by atoms with van der Waals surface area (Å²) in [6.07, 6.45) is 3.81. The number of amides is 1. The summed E-state index contributed by atoms with van der Waals surface area (Å²) in [5.41, 5.74) is 0.743. The molecule has 1 N–H and O–H groups in total. The summed E-state index contributed by atoms with van der Waals surface area (Å²) in [7, 11) is 0. The van der Waals surface area contributed by atoms with Crippen LogP contribution < -0.4 is 0 Å². The number of carboxylic acid groups (broad SMARTS) is 1. The molecule has 1 aromatic carbocycles. The molecular weight excluding hydrogens is 261 g/mol. The molecule has 0 aliphatic carbocycles. The first-order valence-corrected chi connectivity index (χ1v) is 6.48. The van der Waals surface area contributed by atoms with Crippen LogP contribution in [0.2, 0.25) is 0 Å². The van der Waals surface area contributed by atoms with Crippen LogP contribution in [0.1, 0.15) is 30.9 Å². The number of nitrogens with zero attached hydrogens (tertiary/aromatic N) is 1. The van der Waals surface area contributed by atoms with Crippen LogP contribution in [0, 0.1) is 5.82 Å². The lowest BCUT2D eigenvalue weighted by Gasteiger charge is -2.40. The highest BCUT2D eigenvalue weighted by atomic mass is 19.1. The lowest BCUT2D eigenvalue weighted by molar-refractivity contribution is -0.159. The number of carbonyl (C=O) groups is 2. The third kappa shape index (κ3) is 2.71. The van der Waals surface area contributed by atoms with E-state index in [0.717, 1.165) is 12.0 Å². The van der Waals surface area contributed by atoms with Crippen LogP contribution in [-0.4, -0.2) is 27.9 Å². The smallest absolute Gasteiger partial charge is 0.394 e. The second kappa shape index (κ2) is 5.86. The zero-order valence-corrected chi connectivity index (χ0v) is 11.0. The van der Waals surface area contributed by atoms with Gasteiger partial charge in [0.25, 0.3) is 0 Å². The van der Waals surface area contributed by atoms with Gasteiger partial charge in [0.05, 0.1) is 12.1 Å². The van der Waals surface area contributed by atoms with Crippen molar-refractivity contribution in [1.29, 1.82) is 0 Å². The van der Waals surface area contributed by atoms with Crippen molar-refractivity contribution < 1.29 is 19.1 Å². The standard InChI is InChI=1S/C15H16FNO3/c1-2-12-4-3-5-13(17(12)14(18)15(19)20)10-6-8-11(16)9-7-10/h2,6-9,12-13H,1,3-5H2,(H,19,20). The van der Waals surface area contributed by atoms with Gasteiger partial charge in [-0.2, -0.15) is 0 Å². The van der Waals surface area contributed by atoms with Gasteiger partial charge in [-0.25, -0.2) is 9.18 Å². The summed E-state index contributed by atoms with van der Waals surface area (Å²) in [4.78, 5) is 24.3. The number of halogens is 1. The van der Waals surface area contributed by atoms with E-state index < -0.39 is 11.9 Å². The molecule has 1 amide bonds. The molecule has 2 atom stereocenters. The largest absolute Gasteiger partial charge is 0.474 e. The molecule has 0 saturated carbocycles. The molecule has 5 heteroatoms. The molecule has 0 aromatic heterocycles. The van der Waals surface area contributed by atoms with Gasteiger partial charge in [-0.05, 0) is 37.0 Å². The quantitative estimate of drug-likeness (QED) is 0.667. The fraction of sp³-hybridized carbons (Fsp3) is 0.333. The van der Waals surface area contributed by atoms with Crippen molar-refractivity contribution in [2.75, 3.05) is 0 Å². The number of aliphatic carboxylic acids is 1. The first-order chi connectivity index (χ1) is 9.54. The number of carbonyl (C=O) groups excluding carboxylic acids is 1. The first kappa shape index (κ1) is 14.2. The van der Waals surface area contributed by atoms with Gasteiger partial charge < -0.3 is 10.0 Å². The molecule has 1 aliphatic rings. The molecule has 2 unspecified atom stereocenters. The molecule has 2 rings (SSSR count). The maximum Gasteiger partial charge on any atom is 0.394 e. The summed E-state index contributed by atoms with van der Waals surface area (Å²) in [5, 5.41) is 8.97.